The Morgan fingerprint density at radius 2 is 2.09 bits per heavy atom. The SMILES string of the molecule is Cc1cc(C(=O)NCC(CC(C)C)C(=O)O)c2[nH]ncc2c1. The van der Waals surface area contributed by atoms with Gasteiger partial charge in [-0.2, -0.15) is 5.10 Å². The Morgan fingerprint density at radius 1 is 1.36 bits per heavy atom. The molecule has 0 aliphatic rings. The number of carbonyl (C=O) groups is 2. The molecule has 0 spiro atoms. The quantitative estimate of drug-likeness (QED) is 0.763. The summed E-state index contributed by atoms with van der Waals surface area (Å²) in [6.07, 6.45) is 2.20. The molecular formula is C16H21N3O3. The van der Waals surface area contributed by atoms with Crippen molar-refractivity contribution in [3.05, 3.63) is 29.5 Å². The van der Waals surface area contributed by atoms with Crippen molar-refractivity contribution in [1.29, 1.82) is 0 Å². The second kappa shape index (κ2) is 6.60. The molecule has 1 aromatic heterocycles. The molecule has 0 radical (unpaired) electrons. The lowest BCUT2D eigenvalue weighted by Crippen LogP contribution is -2.33. The summed E-state index contributed by atoms with van der Waals surface area (Å²) in [6.45, 7) is 5.96. The highest BCUT2D eigenvalue weighted by Gasteiger charge is 2.21. The highest BCUT2D eigenvalue weighted by molar-refractivity contribution is 6.05. The first-order valence-electron chi connectivity index (χ1n) is 7.33. The van der Waals surface area contributed by atoms with Crippen LogP contribution in [0.4, 0.5) is 0 Å². The number of benzene rings is 1. The monoisotopic (exact) mass is 303 g/mol. The molecule has 2 aromatic rings. The van der Waals surface area contributed by atoms with Crippen molar-refractivity contribution >= 4 is 22.8 Å². The maximum atomic E-state index is 12.4. The highest BCUT2D eigenvalue weighted by atomic mass is 16.4. The summed E-state index contributed by atoms with van der Waals surface area (Å²) in [5.41, 5.74) is 2.11. The minimum absolute atomic E-state index is 0.121. The molecule has 22 heavy (non-hydrogen) atoms. The Labute approximate surface area is 128 Å². The molecule has 1 heterocycles. The van der Waals surface area contributed by atoms with Gasteiger partial charge in [0.1, 0.15) is 0 Å². The third kappa shape index (κ3) is 3.63. The van der Waals surface area contributed by atoms with E-state index in [1.54, 1.807) is 12.3 Å². The smallest absolute Gasteiger partial charge is 0.308 e. The first kappa shape index (κ1) is 16.0. The van der Waals surface area contributed by atoms with Gasteiger partial charge in [0, 0.05) is 11.9 Å². The number of nitrogens with one attached hydrogen (secondary N) is 2. The van der Waals surface area contributed by atoms with Crippen LogP contribution < -0.4 is 5.32 Å². The predicted octanol–water partition coefficient (Wildman–Crippen LogP) is 2.35. The van der Waals surface area contributed by atoms with Crippen molar-refractivity contribution in [2.24, 2.45) is 11.8 Å². The first-order chi connectivity index (χ1) is 10.4. The normalized spacial score (nSPS) is 12.5. The molecule has 1 unspecified atom stereocenters. The number of amides is 1. The van der Waals surface area contributed by atoms with Gasteiger partial charge in [-0.15, -0.1) is 0 Å². The Hall–Kier alpha value is -2.37. The molecule has 118 valence electrons. The van der Waals surface area contributed by atoms with Gasteiger partial charge in [0.05, 0.1) is 23.2 Å². The van der Waals surface area contributed by atoms with E-state index < -0.39 is 11.9 Å². The number of aliphatic carboxylic acids is 1. The minimum atomic E-state index is -0.884. The van der Waals surface area contributed by atoms with E-state index in [2.05, 4.69) is 15.5 Å². The number of carboxylic acids is 1. The van der Waals surface area contributed by atoms with E-state index in [4.69, 9.17) is 0 Å². The minimum Gasteiger partial charge on any atom is -0.481 e. The molecule has 3 N–H and O–H groups in total. The molecule has 0 aliphatic heterocycles. The average Bonchev–Trinajstić information content (AvgIpc) is 2.89. The zero-order valence-corrected chi connectivity index (χ0v) is 13.0. The lowest BCUT2D eigenvalue weighted by Gasteiger charge is -2.15. The van der Waals surface area contributed by atoms with Gasteiger partial charge < -0.3 is 10.4 Å². The number of hydrogen-bond acceptors (Lipinski definition) is 3. The number of H-pyrrole nitrogens is 1. The van der Waals surface area contributed by atoms with Crippen LogP contribution in [0.2, 0.25) is 0 Å². The van der Waals surface area contributed by atoms with Crippen molar-refractivity contribution in [3.8, 4) is 0 Å². The van der Waals surface area contributed by atoms with Crippen LogP contribution in [-0.2, 0) is 4.79 Å². The topological polar surface area (TPSA) is 95.1 Å². The zero-order valence-electron chi connectivity index (χ0n) is 13.0. The lowest BCUT2D eigenvalue weighted by atomic mass is 9.97. The number of nitrogens with zero attached hydrogens (tertiary/aromatic N) is 1. The maximum Gasteiger partial charge on any atom is 0.308 e. The predicted molar refractivity (Wildman–Crippen MR) is 83.7 cm³/mol. The molecule has 0 fully saturated rings. The summed E-state index contributed by atoms with van der Waals surface area (Å²) < 4.78 is 0. The van der Waals surface area contributed by atoms with Gasteiger partial charge in [0.15, 0.2) is 0 Å². The van der Waals surface area contributed by atoms with Gasteiger partial charge in [-0.25, -0.2) is 0 Å². The molecule has 0 aliphatic carbocycles. The third-order valence-corrected chi connectivity index (χ3v) is 3.55. The molecule has 0 bridgehead atoms. The number of rotatable bonds is 6. The Balaban J connectivity index is 2.14. The van der Waals surface area contributed by atoms with Gasteiger partial charge in [-0.3, -0.25) is 14.7 Å². The summed E-state index contributed by atoms with van der Waals surface area (Å²) in [4.78, 5) is 23.6. The number of aromatic amines is 1. The van der Waals surface area contributed by atoms with Gasteiger partial charge in [-0.05, 0) is 37.0 Å². The number of aromatic nitrogens is 2. The van der Waals surface area contributed by atoms with Crippen LogP contribution in [0.15, 0.2) is 18.3 Å². The summed E-state index contributed by atoms with van der Waals surface area (Å²) in [7, 11) is 0. The van der Waals surface area contributed by atoms with E-state index in [1.807, 2.05) is 26.8 Å². The number of aryl methyl sites for hydroxylation is 1. The van der Waals surface area contributed by atoms with E-state index in [9.17, 15) is 14.7 Å². The molecule has 1 atom stereocenters. The van der Waals surface area contributed by atoms with Crippen LogP contribution in [0, 0.1) is 18.8 Å². The molecule has 6 nitrogen and oxygen atoms in total. The molecule has 2 rings (SSSR count). The fourth-order valence-electron chi connectivity index (χ4n) is 2.54. The van der Waals surface area contributed by atoms with Crippen molar-refractivity contribution in [2.45, 2.75) is 27.2 Å². The molecule has 6 heteroatoms. The molecule has 1 aromatic carbocycles. The highest BCUT2D eigenvalue weighted by Crippen LogP contribution is 2.19. The second-order valence-corrected chi connectivity index (χ2v) is 6.02. The fourth-order valence-corrected chi connectivity index (χ4v) is 2.54. The Morgan fingerprint density at radius 3 is 2.73 bits per heavy atom. The molecule has 1 amide bonds. The van der Waals surface area contributed by atoms with Crippen molar-refractivity contribution in [2.75, 3.05) is 6.54 Å². The van der Waals surface area contributed by atoms with Crippen molar-refractivity contribution in [1.82, 2.24) is 15.5 Å². The number of fused-ring (bicyclic) bond motifs is 1. The van der Waals surface area contributed by atoms with Crippen LogP contribution in [0.5, 0.6) is 0 Å². The van der Waals surface area contributed by atoms with Gasteiger partial charge in [0.2, 0.25) is 0 Å². The van der Waals surface area contributed by atoms with Crippen molar-refractivity contribution in [3.63, 3.8) is 0 Å². The standard InChI is InChI=1S/C16H21N3O3/c1-9(2)4-12(16(21)22)7-17-15(20)13-6-10(3)5-11-8-18-19-14(11)13/h5-6,8-9,12H,4,7H2,1-3H3,(H,17,20)(H,18,19)(H,21,22). The summed E-state index contributed by atoms with van der Waals surface area (Å²) in [6, 6.07) is 3.71. The van der Waals surface area contributed by atoms with E-state index in [1.165, 1.54) is 0 Å². The van der Waals surface area contributed by atoms with E-state index in [0.717, 1.165) is 10.9 Å². The third-order valence-electron chi connectivity index (χ3n) is 3.55. The first-order valence-corrected chi connectivity index (χ1v) is 7.33. The Kier molecular flexibility index (Phi) is 4.80. The van der Waals surface area contributed by atoms with Crippen molar-refractivity contribution < 1.29 is 14.7 Å². The fraction of sp³-hybridized carbons (Fsp3) is 0.438. The van der Waals surface area contributed by atoms with E-state index in [0.29, 0.717) is 17.5 Å². The van der Waals surface area contributed by atoms with Crippen LogP contribution in [0.25, 0.3) is 10.9 Å². The molecular weight excluding hydrogens is 282 g/mol. The summed E-state index contributed by atoms with van der Waals surface area (Å²) in [5, 5.41) is 19.6. The lowest BCUT2D eigenvalue weighted by molar-refractivity contribution is -0.142. The van der Waals surface area contributed by atoms with E-state index in [-0.39, 0.29) is 18.4 Å². The van der Waals surface area contributed by atoms with Gasteiger partial charge in [-0.1, -0.05) is 13.8 Å². The molecule has 0 saturated heterocycles. The maximum absolute atomic E-state index is 12.4. The largest absolute Gasteiger partial charge is 0.481 e. The number of hydrogen-bond donors (Lipinski definition) is 3. The van der Waals surface area contributed by atoms with Gasteiger partial charge >= 0.3 is 5.97 Å². The summed E-state index contributed by atoms with van der Waals surface area (Å²) >= 11 is 0. The average molecular weight is 303 g/mol. The van der Waals surface area contributed by atoms with Gasteiger partial charge in [0.25, 0.3) is 5.91 Å². The van der Waals surface area contributed by atoms with Crippen LogP contribution in [-0.4, -0.2) is 33.7 Å². The molecule has 0 saturated carbocycles. The van der Waals surface area contributed by atoms with Crippen LogP contribution in [0.1, 0.15) is 36.2 Å². The zero-order chi connectivity index (χ0) is 16.3. The number of carboxylic acid groups (broad SMARTS) is 1. The Bertz CT molecular complexity index is 691. The van der Waals surface area contributed by atoms with E-state index >= 15 is 0 Å². The number of carbonyl (C=O) groups excluding carboxylic acids is 1. The summed E-state index contributed by atoms with van der Waals surface area (Å²) in [5.74, 6) is -1.49. The van der Waals surface area contributed by atoms with Crippen LogP contribution in [0.3, 0.4) is 0 Å². The van der Waals surface area contributed by atoms with Crippen LogP contribution >= 0.6 is 0 Å². The second-order valence-electron chi connectivity index (χ2n) is 6.02.